The van der Waals surface area contributed by atoms with Gasteiger partial charge in [-0.05, 0) is 54.1 Å². The lowest BCUT2D eigenvalue weighted by molar-refractivity contribution is 0.309. The fourth-order valence-electron chi connectivity index (χ4n) is 1.60. The second-order valence-corrected chi connectivity index (χ2v) is 5.24. The van der Waals surface area contributed by atoms with Gasteiger partial charge in [0.25, 0.3) is 0 Å². The summed E-state index contributed by atoms with van der Waals surface area (Å²) in [5.74, 6) is -0.206. The first-order chi connectivity index (χ1) is 8.02. The molecule has 4 heteroatoms. The van der Waals surface area contributed by atoms with Gasteiger partial charge in [0.2, 0.25) is 0 Å². The maximum Gasteiger partial charge on any atom is 0.137 e. The third-order valence-corrected chi connectivity index (χ3v) is 3.41. The molecule has 0 aromatic heterocycles. The van der Waals surface area contributed by atoms with Crippen LogP contribution in [-0.4, -0.2) is 31.1 Å². The van der Waals surface area contributed by atoms with Crippen LogP contribution >= 0.6 is 15.9 Å². The molecule has 1 aromatic carbocycles. The molecule has 0 saturated carbocycles. The molecule has 96 valence electrons. The van der Waals surface area contributed by atoms with Crippen LogP contribution in [-0.2, 0) is 6.54 Å². The monoisotopic (exact) mass is 302 g/mol. The van der Waals surface area contributed by atoms with Gasteiger partial charge in [-0.2, -0.15) is 0 Å². The first-order valence-electron chi connectivity index (χ1n) is 5.88. The van der Waals surface area contributed by atoms with E-state index in [0.717, 1.165) is 18.7 Å². The van der Waals surface area contributed by atoms with E-state index in [1.165, 1.54) is 0 Å². The summed E-state index contributed by atoms with van der Waals surface area (Å²) < 4.78 is 13.8. The Labute approximate surface area is 111 Å². The topological polar surface area (TPSA) is 15.3 Å². The van der Waals surface area contributed by atoms with Gasteiger partial charge in [0.15, 0.2) is 0 Å². The van der Waals surface area contributed by atoms with Gasteiger partial charge in [-0.15, -0.1) is 0 Å². The van der Waals surface area contributed by atoms with Gasteiger partial charge in [-0.3, -0.25) is 0 Å². The lowest BCUT2D eigenvalue weighted by Gasteiger charge is -2.20. The molecule has 0 aliphatic rings. The molecule has 0 spiro atoms. The number of hydrogen-bond donors (Lipinski definition) is 1. The molecule has 0 fully saturated rings. The molecule has 0 aliphatic heterocycles. The normalized spacial score (nSPS) is 13.1. The van der Waals surface area contributed by atoms with E-state index >= 15 is 0 Å². The Morgan fingerprint density at radius 1 is 1.47 bits per heavy atom. The number of likely N-dealkylation sites (N-methyl/N-ethyl adjacent to an activating group) is 1. The van der Waals surface area contributed by atoms with Gasteiger partial charge >= 0.3 is 0 Å². The molecule has 1 aromatic rings. The summed E-state index contributed by atoms with van der Waals surface area (Å²) >= 11 is 3.15. The summed E-state index contributed by atoms with van der Waals surface area (Å²) in [5, 5.41) is 3.39. The van der Waals surface area contributed by atoms with E-state index in [9.17, 15) is 4.39 Å². The summed E-state index contributed by atoms with van der Waals surface area (Å²) in [6.07, 6.45) is 0. The van der Waals surface area contributed by atoms with Gasteiger partial charge in [-0.1, -0.05) is 13.0 Å². The second-order valence-electron chi connectivity index (χ2n) is 4.39. The van der Waals surface area contributed by atoms with Crippen LogP contribution in [0, 0.1) is 5.82 Å². The van der Waals surface area contributed by atoms with Gasteiger partial charge in [0.1, 0.15) is 5.82 Å². The Morgan fingerprint density at radius 3 is 2.76 bits per heavy atom. The lowest BCUT2D eigenvalue weighted by Crippen LogP contribution is -2.36. The number of nitrogens with zero attached hydrogens (tertiary/aromatic N) is 1. The number of halogens is 2. The molecule has 0 heterocycles. The lowest BCUT2D eigenvalue weighted by atomic mass is 10.2. The van der Waals surface area contributed by atoms with Crippen molar-refractivity contribution in [3.05, 3.63) is 34.1 Å². The van der Waals surface area contributed by atoms with Gasteiger partial charge in [0.05, 0.1) is 4.47 Å². The molecule has 1 N–H and O–H groups in total. The van der Waals surface area contributed by atoms with Crippen molar-refractivity contribution < 1.29 is 4.39 Å². The van der Waals surface area contributed by atoms with E-state index in [1.54, 1.807) is 12.1 Å². The molecule has 0 aliphatic carbocycles. The highest BCUT2D eigenvalue weighted by atomic mass is 79.9. The van der Waals surface area contributed by atoms with Gasteiger partial charge < -0.3 is 10.2 Å². The maximum absolute atomic E-state index is 13.3. The SMILES string of the molecule is CCN(C)CC(C)NCc1ccc(Br)c(F)c1. The maximum atomic E-state index is 13.3. The van der Waals surface area contributed by atoms with Crippen molar-refractivity contribution in [2.75, 3.05) is 20.1 Å². The smallest absolute Gasteiger partial charge is 0.137 e. The fourth-order valence-corrected chi connectivity index (χ4v) is 1.85. The number of benzene rings is 1. The zero-order valence-electron chi connectivity index (χ0n) is 10.6. The van der Waals surface area contributed by atoms with Crippen molar-refractivity contribution in [2.24, 2.45) is 0 Å². The van der Waals surface area contributed by atoms with Crippen LogP contribution in [0.2, 0.25) is 0 Å². The summed E-state index contributed by atoms with van der Waals surface area (Å²) in [7, 11) is 2.09. The average Bonchev–Trinajstić information content (AvgIpc) is 2.30. The van der Waals surface area contributed by atoms with Crippen LogP contribution in [0.5, 0.6) is 0 Å². The molecule has 17 heavy (non-hydrogen) atoms. The van der Waals surface area contributed by atoms with E-state index in [4.69, 9.17) is 0 Å². The van der Waals surface area contributed by atoms with E-state index in [-0.39, 0.29) is 5.82 Å². The van der Waals surface area contributed by atoms with Crippen LogP contribution in [0.15, 0.2) is 22.7 Å². The van der Waals surface area contributed by atoms with Crippen molar-refractivity contribution in [3.63, 3.8) is 0 Å². The van der Waals surface area contributed by atoms with Crippen molar-refractivity contribution in [1.29, 1.82) is 0 Å². The van der Waals surface area contributed by atoms with Gasteiger partial charge in [-0.25, -0.2) is 4.39 Å². The van der Waals surface area contributed by atoms with E-state index < -0.39 is 0 Å². The number of hydrogen-bond acceptors (Lipinski definition) is 2. The minimum Gasteiger partial charge on any atom is -0.309 e. The van der Waals surface area contributed by atoms with Crippen LogP contribution in [0.1, 0.15) is 19.4 Å². The highest BCUT2D eigenvalue weighted by Gasteiger charge is 2.05. The number of rotatable bonds is 6. The molecule has 1 rings (SSSR count). The Morgan fingerprint density at radius 2 is 2.18 bits per heavy atom. The molecule has 0 bridgehead atoms. The van der Waals surface area contributed by atoms with Crippen molar-refractivity contribution >= 4 is 15.9 Å². The predicted molar refractivity (Wildman–Crippen MR) is 73.6 cm³/mol. The Bertz CT molecular complexity index is 357. The van der Waals surface area contributed by atoms with E-state index in [1.807, 2.05) is 6.07 Å². The highest BCUT2D eigenvalue weighted by molar-refractivity contribution is 9.10. The van der Waals surface area contributed by atoms with Crippen LogP contribution in [0.4, 0.5) is 4.39 Å². The third-order valence-electron chi connectivity index (χ3n) is 2.76. The molecule has 2 nitrogen and oxygen atoms in total. The first-order valence-corrected chi connectivity index (χ1v) is 6.68. The van der Waals surface area contributed by atoms with E-state index in [2.05, 4.69) is 47.0 Å². The minimum absolute atomic E-state index is 0.206. The third kappa shape index (κ3) is 5.15. The molecule has 1 unspecified atom stereocenters. The Balaban J connectivity index is 2.42. The van der Waals surface area contributed by atoms with Crippen LogP contribution in [0.3, 0.4) is 0 Å². The van der Waals surface area contributed by atoms with Crippen LogP contribution < -0.4 is 5.32 Å². The molecular formula is C13H20BrFN2. The molecule has 0 amide bonds. The standard InChI is InChI=1S/C13H20BrFN2/c1-4-17(3)9-10(2)16-8-11-5-6-12(14)13(15)7-11/h5-7,10,16H,4,8-9H2,1-3H3. The summed E-state index contributed by atoms with van der Waals surface area (Å²) in [6.45, 7) is 7.01. The second kappa shape index (κ2) is 7.09. The predicted octanol–water partition coefficient (Wildman–Crippen LogP) is 3.02. The molecule has 1 atom stereocenters. The molecule has 0 saturated heterocycles. The summed E-state index contributed by atoms with van der Waals surface area (Å²) in [5.41, 5.74) is 0.969. The van der Waals surface area contributed by atoms with Crippen molar-refractivity contribution in [3.8, 4) is 0 Å². The molecular weight excluding hydrogens is 283 g/mol. The highest BCUT2D eigenvalue weighted by Crippen LogP contribution is 2.16. The number of nitrogens with one attached hydrogen (secondary N) is 1. The fraction of sp³-hybridized carbons (Fsp3) is 0.538. The largest absolute Gasteiger partial charge is 0.309 e. The summed E-state index contributed by atoms with van der Waals surface area (Å²) in [4.78, 5) is 2.25. The zero-order valence-corrected chi connectivity index (χ0v) is 12.2. The van der Waals surface area contributed by atoms with Gasteiger partial charge in [0, 0.05) is 19.1 Å². The zero-order chi connectivity index (χ0) is 12.8. The van der Waals surface area contributed by atoms with E-state index in [0.29, 0.717) is 17.1 Å². The average molecular weight is 303 g/mol. The Hall–Kier alpha value is -0.450. The summed E-state index contributed by atoms with van der Waals surface area (Å²) in [6, 6.07) is 5.63. The molecule has 0 radical (unpaired) electrons. The van der Waals surface area contributed by atoms with Crippen molar-refractivity contribution in [1.82, 2.24) is 10.2 Å². The first kappa shape index (κ1) is 14.6. The quantitative estimate of drug-likeness (QED) is 0.869. The van der Waals surface area contributed by atoms with Crippen molar-refractivity contribution in [2.45, 2.75) is 26.4 Å². The van der Waals surface area contributed by atoms with Crippen LogP contribution in [0.25, 0.3) is 0 Å². The Kier molecular flexibility index (Phi) is 6.09. The minimum atomic E-state index is -0.206.